The largest absolute Gasteiger partial charge is 0.396 e. The number of hydrogen-bond acceptors (Lipinski definition) is 2. The summed E-state index contributed by atoms with van der Waals surface area (Å²) in [6.07, 6.45) is 1.73. The van der Waals surface area contributed by atoms with E-state index in [1.165, 1.54) is 11.1 Å². The molecule has 2 rings (SSSR count). The fourth-order valence-electron chi connectivity index (χ4n) is 2.09. The van der Waals surface area contributed by atoms with Gasteiger partial charge in [-0.25, -0.2) is 4.68 Å². The van der Waals surface area contributed by atoms with Crippen molar-refractivity contribution in [1.29, 1.82) is 0 Å². The fourth-order valence-corrected chi connectivity index (χ4v) is 2.09. The standard InChI is InChI=1S/C14H19N3/c1-9(2)14-12(15)8-16-17(14)13-7-10(3)5-6-11(13)4/h5-9H,15H2,1-4H3. The minimum absolute atomic E-state index is 0.359. The molecule has 1 aromatic heterocycles. The van der Waals surface area contributed by atoms with E-state index in [-0.39, 0.29) is 0 Å². The smallest absolute Gasteiger partial charge is 0.0740 e. The van der Waals surface area contributed by atoms with Gasteiger partial charge in [-0.2, -0.15) is 5.10 Å². The average Bonchev–Trinajstić information content (AvgIpc) is 2.64. The molecular weight excluding hydrogens is 210 g/mol. The third-order valence-electron chi connectivity index (χ3n) is 2.98. The van der Waals surface area contributed by atoms with E-state index in [9.17, 15) is 0 Å². The second-order valence-electron chi connectivity index (χ2n) is 4.84. The van der Waals surface area contributed by atoms with Gasteiger partial charge < -0.3 is 5.73 Å². The van der Waals surface area contributed by atoms with E-state index < -0.39 is 0 Å². The molecule has 90 valence electrons. The van der Waals surface area contributed by atoms with E-state index >= 15 is 0 Å². The Kier molecular flexibility index (Phi) is 2.92. The number of hydrogen-bond donors (Lipinski definition) is 1. The predicted molar refractivity (Wildman–Crippen MR) is 71.5 cm³/mol. The maximum absolute atomic E-state index is 5.98. The van der Waals surface area contributed by atoms with Crippen LogP contribution in [0.2, 0.25) is 0 Å². The molecule has 0 aliphatic rings. The molecule has 0 aliphatic carbocycles. The fraction of sp³-hybridized carbons (Fsp3) is 0.357. The molecule has 0 unspecified atom stereocenters. The van der Waals surface area contributed by atoms with Crippen LogP contribution in [0.15, 0.2) is 24.4 Å². The van der Waals surface area contributed by atoms with E-state index in [1.54, 1.807) is 6.20 Å². The normalized spacial score (nSPS) is 11.1. The lowest BCUT2D eigenvalue weighted by atomic mass is 10.1. The molecule has 0 radical (unpaired) electrons. The summed E-state index contributed by atoms with van der Waals surface area (Å²) in [4.78, 5) is 0. The molecule has 2 N–H and O–H groups in total. The van der Waals surface area contributed by atoms with Crippen molar-refractivity contribution in [2.75, 3.05) is 5.73 Å². The summed E-state index contributed by atoms with van der Waals surface area (Å²) in [6.45, 7) is 8.45. The van der Waals surface area contributed by atoms with Crippen LogP contribution in [-0.4, -0.2) is 9.78 Å². The lowest BCUT2D eigenvalue weighted by Crippen LogP contribution is -2.07. The van der Waals surface area contributed by atoms with Crippen LogP contribution in [0.4, 0.5) is 5.69 Å². The van der Waals surface area contributed by atoms with Crippen molar-refractivity contribution < 1.29 is 0 Å². The van der Waals surface area contributed by atoms with Crippen molar-refractivity contribution in [3.8, 4) is 5.69 Å². The Morgan fingerprint density at radius 1 is 1.24 bits per heavy atom. The van der Waals surface area contributed by atoms with E-state index in [0.717, 1.165) is 17.1 Å². The Morgan fingerprint density at radius 2 is 1.94 bits per heavy atom. The van der Waals surface area contributed by atoms with Crippen LogP contribution in [0.3, 0.4) is 0 Å². The Morgan fingerprint density at radius 3 is 2.59 bits per heavy atom. The van der Waals surface area contributed by atoms with Crippen LogP contribution < -0.4 is 5.73 Å². The van der Waals surface area contributed by atoms with Crippen LogP contribution in [0.5, 0.6) is 0 Å². The molecule has 2 aromatic rings. The number of nitrogens with two attached hydrogens (primary N) is 1. The van der Waals surface area contributed by atoms with E-state index in [4.69, 9.17) is 5.73 Å². The Balaban J connectivity index is 2.64. The van der Waals surface area contributed by atoms with Crippen molar-refractivity contribution in [3.63, 3.8) is 0 Å². The quantitative estimate of drug-likeness (QED) is 0.859. The summed E-state index contributed by atoms with van der Waals surface area (Å²) < 4.78 is 1.96. The Bertz CT molecular complexity index is 538. The molecule has 3 heteroatoms. The van der Waals surface area contributed by atoms with Gasteiger partial charge in [0.15, 0.2) is 0 Å². The molecule has 0 saturated heterocycles. The molecule has 0 atom stereocenters. The SMILES string of the molecule is Cc1ccc(C)c(-n2ncc(N)c2C(C)C)c1. The minimum Gasteiger partial charge on any atom is -0.396 e. The Hall–Kier alpha value is -1.77. The van der Waals surface area contributed by atoms with Crippen molar-refractivity contribution >= 4 is 5.69 Å². The monoisotopic (exact) mass is 229 g/mol. The van der Waals surface area contributed by atoms with Crippen LogP contribution in [0.1, 0.15) is 36.6 Å². The molecule has 0 spiro atoms. The molecule has 0 amide bonds. The minimum atomic E-state index is 0.359. The number of benzene rings is 1. The van der Waals surface area contributed by atoms with Crippen molar-refractivity contribution in [2.24, 2.45) is 0 Å². The van der Waals surface area contributed by atoms with E-state index in [2.05, 4.69) is 51.0 Å². The number of aromatic nitrogens is 2. The van der Waals surface area contributed by atoms with Gasteiger partial charge in [0.2, 0.25) is 0 Å². The summed E-state index contributed by atoms with van der Waals surface area (Å²) in [5.41, 5.74) is 11.4. The molecular formula is C14H19N3. The van der Waals surface area contributed by atoms with Crippen LogP contribution in [-0.2, 0) is 0 Å². The summed E-state index contributed by atoms with van der Waals surface area (Å²) in [7, 11) is 0. The highest BCUT2D eigenvalue weighted by Gasteiger charge is 2.14. The lowest BCUT2D eigenvalue weighted by Gasteiger charge is -2.14. The number of nitrogen functional groups attached to an aromatic ring is 1. The first-order chi connectivity index (χ1) is 8.00. The maximum atomic E-state index is 5.98. The summed E-state index contributed by atoms with van der Waals surface area (Å²) >= 11 is 0. The van der Waals surface area contributed by atoms with E-state index in [1.807, 2.05) is 4.68 Å². The second kappa shape index (κ2) is 4.24. The van der Waals surface area contributed by atoms with Gasteiger partial charge in [-0.3, -0.25) is 0 Å². The molecule has 0 aliphatic heterocycles. The Labute approximate surface area is 102 Å². The predicted octanol–water partition coefficient (Wildman–Crippen LogP) is 3.19. The van der Waals surface area contributed by atoms with Crippen molar-refractivity contribution in [2.45, 2.75) is 33.6 Å². The topological polar surface area (TPSA) is 43.8 Å². The van der Waals surface area contributed by atoms with Gasteiger partial charge in [-0.1, -0.05) is 26.0 Å². The van der Waals surface area contributed by atoms with Gasteiger partial charge in [-0.15, -0.1) is 0 Å². The first kappa shape index (κ1) is 11.7. The first-order valence-electron chi connectivity index (χ1n) is 5.91. The molecule has 1 heterocycles. The number of rotatable bonds is 2. The number of anilines is 1. The molecule has 3 nitrogen and oxygen atoms in total. The highest BCUT2D eigenvalue weighted by molar-refractivity contribution is 5.50. The molecule has 17 heavy (non-hydrogen) atoms. The molecule has 1 aromatic carbocycles. The van der Waals surface area contributed by atoms with Gasteiger partial charge in [0.25, 0.3) is 0 Å². The second-order valence-corrected chi connectivity index (χ2v) is 4.84. The lowest BCUT2D eigenvalue weighted by molar-refractivity contribution is 0.733. The number of nitrogens with zero attached hydrogens (tertiary/aromatic N) is 2. The van der Waals surface area contributed by atoms with Gasteiger partial charge in [0.05, 0.1) is 23.3 Å². The van der Waals surface area contributed by atoms with Gasteiger partial charge in [-0.05, 0) is 37.0 Å². The third kappa shape index (κ3) is 2.05. The third-order valence-corrected chi connectivity index (χ3v) is 2.98. The average molecular weight is 229 g/mol. The van der Waals surface area contributed by atoms with E-state index in [0.29, 0.717) is 5.92 Å². The molecule has 0 saturated carbocycles. The first-order valence-corrected chi connectivity index (χ1v) is 5.91. The van der Waals surface area contributed by atoms with Crippen molar-refractivity contribution in [1.82, 2.24) is 9.78 Å². The van der Waals surface area contributed by atoms with Gasteiger partial charge in [0, 0.05) is 0 Å². The summed E-state index contributed by atoms with van der Waals surface area (Å²) in [5.74, 6) is 0.359. The molecule has 0 bridgehead atoms. The van der Waals surface area contributed by atoms with Crippen LogP contribution >= 0.6 is 0 Å². The zero-order chi connectivity index (χ0) is 12.6. The zero-order valence-electron chi connectivity index (χ0n) is 10.9. The van der Waals surface area contributed by atoms with Gasteiger partial charge in [0.1, 0.15) is 0 Å². The zero-order valence-corrected chi connectivity index (χ0v) is 10.9. The summed E-state index contributed by atoms with van der Waals surface area (Å²) in [6, 6.07) is 6.38. The van der Waals surface area contributed by atoms with Gasteiger partial charge >= 0.3 is 0 Å². The summed E-state index contributed by atoms with van der Waals surface area (Å²) in [5, 5.41) is 4.40. The van der Waals surface area contributed by atoms with Crippen LogP contribution in [0.25, 0.3) is 5.69 Å². The highest BCUT2D eigenvalue weighted by atomic mass is 15.3. The molecule has 0 fully saturated rings. The van der Waals surface area contributed by atoms with Crippen molar-refractivity contribution in [3.05, 3.63) is 41.2 Å². The number of aryl methyl sites for hydroxylation is 2. The highest BCUT2D eigenvalue weighted by Crippen LogP contribution is 2.26. The van der Waals surface area contributed by atoms with Crippen LogP contribution in [0, 0.1) is 13.8 Å². The maximum Gasteiger partial charge on any atom is 0.0740 e.